The van der Waals surface area contributed by atoms with E-state index in [0.29, 0.717) is 47.4 Å². The summed E-state index contributed by atoms with van der Waals surface area (Å²) in [7, 11) is 0. The van der Waals surface area contributed by atoms with Crippen LogP contribution in [-0.2, 0) is 9.53 Å². The molecule has 0 aliphatic carbocycles. The first-order valence-corrected chi connectivity index (χ1v) is 15.3. The lowest BCUT2D eigenvalue weighted by molar-refractivity contribution is -0.127. The van der Waals surface area contributed by atoms with Gasteiger partial charge in [0.25, 0.3) is 5.91 Å². The first-order chi connectivity index (χ1) is 20.4. The second-order valence-corrected chi connectivity index (χ2v) is 11.3. The molecule has 6 rings (SSSR count). The molecule has 0 saturated carbocycles. The lowest BCUT2D eigenvalue weighted by Crippen LogP contribution is -2.49. The van der Waals surface area contributed by atoms with E-state index >= 15 is 0 Å². The van der Waals surface area contributed by atoms with Gasteiger partial charge in [-0.05, 0) is 55.7 Å². The van der Waals surface area contributed by atoms with Crippen LogP contribution in [0, 0.1) is 6.92 Å². The third-order valence-electron chi connectivity index (χ3n) is 7.58. The second-order valence-electron chi connectivity index (χ2n) is 10.3. The molecule has 3 aromatic rings. The monoisotopic (exact) mass is 591 g/mol. The molecule has 2 aromatic heterocycles. The molecule has 1 unspecified atom stereocenters. The number of ether oxygens (including phenoxy) is 2. The Bertz CT molecular complexity index is 1500. The molecule has 5 heterocycles. The van der Waals surface area contributed by atoms with Crippen LogP contribution >= 0.6 is 11.3 Å². The summed E-state index contributed by atoms with van der Waals surface area (Å²) in [4.78, 5) is 47.9. The fourth-order valence-electron chi connectivity index (χ4n) is 5.60. The molecule has 3 aliphatic rings. The van der Waals surface area contributed by atoms with Crippen molar-refractivity contribution in [3.05, 3.63) is 53.6 Å². The summed E-state index contributed by atoms with van der Waals surface area (Å²) in [5, 5.41) is 6.74. The van der Waals surface area contributed by atoms with Crippen LogP contribution in [0.5, 0.6) is 5.75 Å². The zero-order valence-corrected chi connectivity index (χ0v) is 25.1. The summed E-state index contributed by atoms with van der Waals surface area (Å²) >= 11 is 1.24. The summed E-state index contributed by atoms with van der Waals surface area (Å²) in [6.45, 7) is 12.0. The normalized spacial score (nSPS) is 18.5. The highest BCUT2D eigenvalue weighted by atomic mass is 32.1. The molecule has 222 valence electrons. The molecular formula is C31H37N5O5S. The number of benzene rings is 1. The van der Waals surface area contributed by atoms with Crippen LogP contribution in [0.3, 0.4) is 0 Å². The van der Waals surface area contributed by atoms with Crippen molar-refractivity contribution in [2.24, 2.45) is 0 Å². The summed E-state index contributed by atoms with van der Waals surface area (Å²) in [6.07, 6.45) is 6.34. The minimum absolute atomic E-state index is 0.120. The highest BCUT2D eigenvalue weighted by Gasteiger charge is 2.34. The quantitative estimate of drug-likeness (QED) is 0.352. The molecule has 10 nitrogen and oxygen atoms in total. The molecular weight excluding hydrogens is 554 g/mol. The van der Waals surface area contributed by atoms with Crippen molar-refractivity contribution in [1.29, 1.82) is 0 Å². The van der Waals surface area contributed by atoms with Gasteiger partial charge in [-0.15, -0.1) is 11.3 Å². The number of nitrogens with one attached hydrogen (secondary N) is 2. The van der Waals surface area contributed by atoms with Crippen molar-refractivity contribution in [2.75, 3.05) is 36.5 Å². The van der Waals surface area contributed by atoms with Crippen molar-refractivity contribution in [3.8, 4) is 5.75 Å². The van der Waals surface area contributed by atoms with E-state index in [2.05, 4.69) is 22.2 Å². The standard InChI is InChI=1S/C29H31N5O5S.C2H6/c1-3-23(35)33-12-4-5-18(16-33)31-27(36)26-25-24-22(8-11-30-28(24)40-26)34(29(37)32-25)21-7-6-20(15-17(21)2)39-19-9-13-38-14-10-19;1-2/h3,6-8,11,15,18-19H,1,4-5,9-10,12-14,16H2,2H3,(H,31,36)(H,32,37);1-2H3. The number of hydrogen-bond donors (Lipinski definition) is 2. The predicted octanol–water partition coefficient (Wildman–Crippen LogP) is 5.78. The summed E-state index contributed by atoms with van der Waals surface area (Å²) in [5.41, 5.74) is 2.74. The topological polar surface area (TPSA) is 113 Å². The minimum atomic E-state index is -0.353. The summed E-state index contributed by atoms with van der Waals surface area (Å²) in [6, 6.07) is 6.98. The summed E-state index contributed by atoms with van der Waals surface area (Å²) in [5.74, 6) is 0.327. The van der Waals surface area contributed by atoms with E-state index in [-0.39, 0.29) is 30.0 Å². The molecule has 0 bridgehead atoms. The van der Waals surface area contributed by atoms with Gasteiger partial charge in [-0.2, -0.15) is 0 Å². The number of amides is 4. The summed E-state index contributed by atoms with van der Waals surface area (Å²) < 4.78 is 11.6. The van der Waals surface area contributed by atoms with Crippen molar-refractivity contribution >= 4 is 56.5 Å². The zero-order valence-electron chi connectivity index (χ0n) is 24.3. The van der Waals surface area contributed by atoms with Crippen molar-refractivity contribution in [2.45, 2.75) is 58.6 Å². The van der Waals surface area contributed by atoms with E-state index in [0.717, 1.165) is 48.1 Å². The van der Waals surface area contributed by atoms with E-state index in [9.17, 15) is 14.4 Å². The van der Waals surface area contributed by atoms with Crippen LogP contribution in [0.15, 0.2) is 43.1 Å². The zero-order chi connectivity index (χ0) is 29.8. The maximum atomic E-state index is 13.5. The average molecular weight is 592 g/mol. The average Bonchev–Trinajstić information content (AvgIpc) is 3.38. The Hall–Kier alpha value is -3.96. The molecule has 2 fully saturated rings. The number of anilines is 3. The number of urea groups is 1. The van der Waals surface area contributed by atoms with Crippen LogP contribution in [0.4, 0.5) is 21.9 Å². The number of aromatic nitrogens is 1. The van der Waals surface area contributed by atoms with Gasteiger partial charge in [-0.25, -0.2) is 9.78 Å². The Morgan fingerprint density at radius 1 is 1.19 bits per heavy atom. The van der Waals surface area contributed by atoms with Gasteiger partial charge in [0.15, 0.2) is 0 Å². The van der Waals surface area contributed by atoms with Gasteiger partial charge in [-0.1, -0.05) is 20.4 Å². The number of likely N-dealkylation sites (tertiary alicyclic amines) is 1. The van der Waals surface area contributed by atoms with Crippen LogP contribution in [0.25, 0.3) is 10.2 Å². The molecule has 0 spiro atoms. The fraction of sp³-hybridized carbons (Fsp3) is 0.419. The number of hydrogen-bond acceptors (Lipinski definition) is 7. The number of piperidine rings is 1. The minimum Gasteiger partial charge on any atom is -0.490 e. The molecule has 1 aromatic carbocycles. The van der Waals surface area contributed by atoms with Gasteiger partial charge >= 0.3 is 6.03 Å². The molecule has 1 atom stereocenters. The SMILES string of the molecule is C=CC(=O)N1CCCC(NC(=O)c2sc3nccc4c3c2NC(=O)N4c2ccc(OC3CCOCC3)cc2C)C1.CC. The number of thiophene rings is 1. The Morgan fingerprint density at radius 3 is 2.71 bits per heavy atom. The predicted molar refractivity (Wildman–Crippen MR) is 165 cm³/mol. The van der Waals surface area contributed by atoms with E-state index in [1.54, 1.807) is 22.1 Å². The van der Waals surface area contributed by atoms with Gasteiger partial charge in [0, 0.05) is 38.2 Å². The van der Waals surface area contributed by atoms with Crippen LogP contribution in [0.1, 0.15) is 54.8 Å². The van der Waals surface area contributed by atoms with Crippen LogP contribution < -0.4 is 20.3 Å². The maximum Gasteiger partial charge on any atom is 0.331 e. The maximum absolute atomic E-state index is 13.5. The van der Waals surface area contributed by atoms with Crippen molar-refractivity contribution in [1.82, 2.24) is 15.2 Å². The van der Waals surface area contributed by atoms with Crippen molar-refractivity contribution in [3.63, 3.8) is 0 Å². The lowest BCUT2D eigenvalue weighted by Gasteiger charge is -2.32. The molecule has 2 saturated heterocycles. The van der Waals surface area contributed by atoms with E-state index < -0.39 is 0 Å². The van der Waals surface area contributed by atoms with Gasteiger partial charge < -0.3 is 25.0 Å². The lowest BCUT2D eigenvalue weighted by atomic mass is 10.1. The van der Waals surface area contributed by atoms with Crippen LogP contribution in [-0.4, -0.2) is 66.2 Å². The number of carbonyl (C=O) groups excluding carboxylic acids is 3. The molecule has 0 radical (unpaired) electrons. The molecule has 42 heavy (non-hydrogen) atoms. The third-order valence-corrected chi connectivity index (χ3v) is 8.67. The Kier molecular flexibility index (Phi) is 9.08. The number of carbonyl (C=O) groups is 3. The van der Waals surface area contributed by atoms with Gasteiger partial charge in [-0.3, -0.25) is 14.5 Å². The molecule has 2 N–H and O–H groups in total. The van der Waals surface area contributed by atoms with Crippen LogP contribution in [0.2, 0.25) is 0 Å². The number of rotatable bonds is 6. The molecule has 4 amide bonds. The largest absolute Gasteiger partial charge is 0.490 e. The van der Waals surface area contributed by atoms with E-state index in [1.165, 1.54) is 17.4 Å². The highest BCUT2D eigenvalue weighted by molar-refractivity contribution is 7.21. The van der Waals surface area contributed by atoms with Gasteiger partial charge in [0.1, 0.15) is 21.6 Å². The number of nitrogens with zero attached hydrogens (tertiary/aromatic N) is 3. The Labute approximate surface area is 249 Å². The molecule has 3 aliphatic heterocycles. The first-order valence-electron chi connectivity index (χ1n) is 14.5. The number of pyridine rings is 1. The number of aryl methyl sites for hydroxylation is 1. The third kappa shape index (κ3) is 5.84. The van der Waals surface area contributed by atoms with E-state index in [4.69, 9.17) is 9.47 Å². The Morgan fingerprint density at radius 2 is 1.98 bits per heavy atom. The highest BCUT2D eigenvalue weighted by Crippen LogP contribution is 2.46. The fourth-order valence-corrected chi connectivity index (χ4v) is 6.62. The second kappa shape index (κ2) is 12.9. The molecule has 11 heteroatoms. The smallest absolute Gasteiger partial charge is 0.331 e. The Balaban J connectivity index is 0.00000173. The van der Waals surface area contributed by atoms with Gasteiger partial charge in [0.05, 0.1) is 35.7 Å². The van der Waals surface area contributed by atoms with Crippen molar-refractivity contribution < 1.29 is 23.9 Å². The van der Waals surface area contributed by atoms with Gasteiger partial charge in [0.2, 0.25) is 5.91 Å². The van der Waals surface area contributed by atoms with E-state index in [1.807, 2.05) is 39.0 Å². The first kappa shape index (κ1) is 29.5.